The number of ether oxygens (including phenoxy) is 1. The monoisotopic (exact) mass is 372 g/mol. The molecule has 0 unspecified atom stereocenters. The second-order valence-electron chi connectivity index (χ2n) is 6.60. The van der Waals surface area contributed by atoms with E-state index in [1.807, 2.05) is 37.3 Å². The highest BCUT2D eigenvalue weighted by atomic mass is 35.5. The molecule has 2 aromatic carbocycles. The van der Waals surface area contributed by atoms with Crippen molar-refractivity contribution in [3.05, 3.63) is 59.1 Å². The average molecular weight is 373 g/mol. The highest BCUT2D eigenvalue weighted by Gasteiger charge is 2.25. The van der Waals surface area contributed by atoms with Gasteiger partial charge in [-0.3, -0.25) is 9.69 Å². The van der Waals surface area contributed by atoms with Crippen LogP contribution >= 0.6 is 11.6 Å². The van der Waals surface area contributed by atoms with Gasteiger partial charge in [-0.15, -0.1) is 0 Å². The number of hydrogen-bond acceptors (Lipinski definition) is 3. The summed E-state index contributed by atoms with van der Waals surface area (Å²) in [4.78, 5) is 14.9. The molecule has 138 valence electrons. The number of carbonyl (C=O) groups is 1. The third-order valence-corrected chi connectivity index (χ3v) is 5.04. The first-order valence-electron chi connectivity index (χ1n) is 9.15. The maximum atomic E-state index is 12.5. The van der Waals surface area contributed by atoms with Gasteiger partial charge in [-0.25, -0.2) is 0 Å². The zero-order valence-corrected chi connectivity index (χ0v) is 15.8. The lowest BCUT2D eigenvalue weighted by Gasteiger charge is -2.31. The molecule has 1 aliphatic heterocycles. The lowest BCUT2D eigenvalue weighted by molar-refractivity contribution is -0.121. The predicted octanol–water partition coefficient (Wildman–Crippen LogP) is 4.59. The fraction of sp³-hybridized carbons (Fsp3) is 0.381. The number of anilines is 1. The number of nitrogens with one attached hydrogen (secondary N) is 1. The summed E-state index contributed by atoms with van der Waals surface area (Å²) in [5.41, 5.74) is 1.93. The Hall–Kier alpha value is -2.04. The van der Waals surface area contributed by atoms with E-state index in [1.165, 1.54) is 5.56 Å². The molecule has 1 aliphatic rings. The molecule has 1 saturated heterocycles. The van der Waals surface area contributed by atoms with Crippen molar-refractivity contribution >= 4 is 23.2 Å². The van der Waals surface area contributed by atoms with Gasteiger partial charge in [-0.1, -0.05) is 35.9 Å². The standard InChI is InChI=1S/C21H25ClN2O2/c1-2-26-18-7-5-6-16(14-18)15-24-12-10-17(11-13-24)21(25)23-20-9-4-3-8-19(20)22/h3-9,14,17H,2,10-13,15H2,1H3,(H,23,25). The van der Waals surface area contributed by atoms with Crippen molar-refractivity contribution in [1.29, 1.82) is 0 Å². The van der Waals surface area contributed by atoms with Crippen molar-refractivity contribution in [2.45, 2.75) is 26.3 Å². The first-order valence-corrected chi connectivity index (χ1v) is 9.53. The summed E-state index contributed by atoms with van der Waals surface area (Å²) in [6.07, 6.45) is 1.73. The number of rotatable bonds is 6. The van der Waals surface area contributed by atoms with Gasteiger partial charge in [0.25, 0.3) is 0 Å². The normalized spacial score (nSPS) is 15.6. The van der Waals surface area contributed by atoms with Crippen LogP contribution in [0.15, 0.2) is 48.5 Å². The first kappa shape index (κ1) is 18.7. The maximum absolute atomic E-state index is 12.5. The molecule has 0 aromatic heterocycles. The van der Waals surface area contributed by atoms with Crippen molar-refractivity contribution in [2.24, 2.45) is 5.92 Å². The van der Waals surface area contributed by atoms with Crippen molar-refractivity contribution < 1.29 is 9.53 Å². The molecule has 1 N–H and O–H groups in total. The fourth-order valence-corrected chi connectivity index (χ4v) is 3.49. The highest BCUT2D eigenvalue weighted by molar-refractivity contribution is 6.33. The third-order valence-electron chi connectivity index (χ3n) is 4.71. The van der Waals surface area contributed by atoms with Crippen molar-refractivity contribution in [3.63, 3.8) is 0 Å². The minimum Gasteiger partial charge on any atom is -0.494 e. The smallest absolute Gasteiger partial charge is 0.227 e. The molecule has 1 amide bonds. The Kier molecular flexibility index (Phi) is 6.53. The first-order chi connectivity index (χ1) is 12.7. The number of para-hydroxylation sites is 1. The zero-order chi connectivity index (χ0) is 18.4. The summed E-state index contributed by atoms with van der Waals surface area (Å²) in [7, 11) is 0. The molecule has 0 radical (unpaired) electrons. The summed E-state index contributed by atoms with van der Waals surface area (Å²) >= 11 is 6.12. The van der Waals surface area contributed by atoms with E-state index in [0.717, 1.165) is 38.2 Å². The van der Waals surface area contributed by atoms with Gasteiger partial charge in [-0.05, 0) is 62.7 Å². The van der Waals surface area contributed by atoms with E-state index in [2.05, 4.69) is 22.3 Å². The van der Waals surface area contributed by atoms with E-state index >= 15 is 0 Å². The van der Waals surface area contributed by atoms with Crippen LogP contribution in [0.25, 0.3) is 0 Å². The van der Waals surface area contributed by atoms with Crippen LogP contribution in [0.3, 0.4) is 0 Å². The Morgan fingerprint density at radius 3 is 2.69 bits per heavy atom. The number of likely N-dealkylation sites (tertiary alicyclic amines) is 1. The van der Waals surface area contributed by atoms with E-state index < -0.39 is 0 Å². The van der Waals surface area contributed by atoms with Gasteiger partial charge in [0.05, 0.1) is 17.3 Å². The second-order valence-corrected chi connectivity index (χ2v) is 7.01. The minimum absolute atomic E-state index is 0.0391. The summed E-state index contributed by atoms with van der Waals surface area (Å²) in [5, 5.41) is 3.54. The summed E-state index contributed by atoms with van der Waals surface area (Å²) in [5.74, 6) is 1.02. The van der Waals surface area contributed by atoms with E-state index in [4.69, 9.17) is 16.3 Å². The van der Waals surface area contributed by atoms with Crippen LogP contribution < -0.4 is 10.1 Å². The number of nitrogens with zero attached hydrogens (tertiary/aromatic N) is 1. The third kappa shape index (κ3) is 4.99. The van der Waals surface area contributed by atoms with Gasteiger partial charge in [-0.2, -0.15) is 0 Å². The molecule has 1 fully saturated rings. The van der Waals surface area contributed by atoms with Gasteiger partial charge in [0.15, 0.2) is 0 Å². The largest absolute Gasteiger partial charge is 0.494 e. The molecule has 0 saturated carbocycles. The van der Waals surface area contributed by atoms with Crippen LogP contribution in [-0.2, 0) is 11.3 Å². The molecule has 0 bridgehead atoms. The molecule has 0 atom stereocenters. The fourth-order valence-electron chi connectivity index (χ4n) is 3.31. The SMILES string of the molecule is CCOc1cccc(CN2CCC(C(=O)Nc3ccccc3Cl)CC2)c1. The Labute approximate surface area is 160 Å². The number of carbonyl (C=O) groups excluding carboxylic acids is 1. The van der Waals surface area contributed by atoms with E-state index in [0.29, 0.717) is 17.3 Å². The quantitative estimate of drug-likeness (QED) is 0.806. The molecular formula is C21H25ClN2O2. The van der Waals surface area contributed by atoms with Crippen LogP contribution in [0, 0.1) is 5.92 Å². The van der Waals surface area contributed by atoms with E-state index in [9.17, 15) is 4.79 Å². The molecule has 0 aliphatic carbocycles. The van der Waals surface area contributed by atoms with Crippen LogP contribution in [-0.4, -0.2) is 30.5 Å². The number of halogens is 1. The summed E-state index contributed by atoms with van der Waals surface area (Å²) in [6, 6.07) is 15.6. The Morgan fingerprint density at radius 2 is 1.96 bits per heavy atom. The Bertz CT molecular complexity index is 742. The van der Waals surface area contributed by atoms with Gasteiger partial charge in [0, 0.05) is 12.5 Å². The second kappa shape index (κ2) is 9.06. The van der Waals surface area contributed by atoms with Crippen molar-refractivity contribution in [1.82, 2.24) is 4.90 Å². The van der Waals surface area contributed by atoms with Crippen LogP contribution in [0.5, 0.6) is 5.75 Å². The average Bonchev–Trinajstić information content (AvgIpc) is 2.65. The minimum atomic E-state index is 0.0391. The molecule has 3 rings (SSSR count). The molecule has 1 heterocycles. The van der Waals surface area contributed by atoms with E-state index in [-0.39, 0.29) is 11.8 Å². The van der Waals surface area contributed by atoms with Crippen molar-refractivity contribution in [2.75, 3.05) is 25.0 Å². The molecular weight excluding hydrogens is 348 g/mol. The van der Waals surface area contributed by atoms with Crippen molar-refractivity contribution in [3.8, 4) is 5.75 Å². The van der Waals surface area contributed by atoms with Gasteiger partial charge < -0.3 is 10.1 Å². The number of benzene rings is 2. The van der Waals surface area contributed by atoms with Crippen LogP contribution in [0.4, 0.5) is 5.69 Å². The Balaban J connectivity index is 1.50. The zero-order valence-electron chi connectivity index (χ0n) is 15.1. The highest BCUT2D eigenvalue weighted by Crippen LogP contribution is 2.25. The van der Waals surface area contributed by atoms with Gasteiger partial charge >= 0.3 is 0 Å². The summed E-state index contributed by atoms with van der Waals surface area (Å²) in [6.45, 7) is 5.39. The maximum Gasteiger partial charge on any atom is 0.227 e. The van der Waals surface area contributed by atoms with Crippen LogP contribution in [0.1, 0.15) is 25.3 Å². The van der Waals surface area contributed by atoms with Gasteiger partial charge in [0.1, 0.15) is 5.75 Å². The molecule has 4 nitrogen and oxygen atoms in total. The summed E-state index contributed by atoms with van der Waals surface area (Å²) < 4.78 is 5.57. The molecule has 26 heavy (non-hydrogen) atoms. The predicted molar refractivity (Wildman–Crippen MR) is 106 cm³/mol. The molecule has 0 spiro atoms. The lowest BCUT2D eigenvalue weighted by atomic mass is 9.95. The lowest BCUT2D eigenvalue weighted by Crippen LogP contribution is -2.37. The van der Waals surface area contributed by atoms with Gasteiger partial charge in [0.2, 0.25) is 5.91 Å². The molecule has 2 aromatic rings. The van der Waals surface area contributed by atoms with Crippen LogP contribution in [0.2, 0.25) is 5.02 Å². The topological polar surface area (TPSA) is 41.6 Å². The number of hydrogen-bond donors (Lipinski definition) is 1. The molecule has 5 heteroatoms. The van der Waals surface area contributed by atoms with E-state index in [1.54, 1.807) is 6.07 Å². The number of piperidine rings is 1. The Morgan fingerprint density at radius 1 is 1.19 bits per heavy atom. The number of amides is 1.